The van der Waals surface area contributed by atoms with Crippen LogP contribution < -0.4 is 20.7 Å². The third-order valence-electron chi connectivity index (χ3n) is 8.50. The van der Waals surface area contributed by atoms with Crippen LogP contribution in [0.1, 0.15) is 49.0 Å². The van der Waals surface area contributed by atoms with Crippen molar-refractivity contribution in [2.75, 3.05) is 55.6 Å². The second kappa shape index (κ2) is 11.4. The zero-order chi connectivity index (χ0) is 28.5. The number of piperidine rings is 1. The number of nitrogens with zero attached hydrogens (tertiary/aromatic N) is 7. The molecule has 2 aromatic heterocycles. The molecule has 3 fully saturated rings. The predicted octanol–water partition coefficient (Wildman–Crippen LogP) is 1.41. The maximum atomic E-state index is 13.1. The standard InChI is InChI=1S/C29H34N8O4/c1-19(38)22-15-30-29(31-16-22)36-9-7-20(18-36)6-8-34-10-12-35(13-11-34)23-2-3-24-21(14-23)17-32-37(28(24)41)25-4-5-26(39)33-27(25)40/h2-3,14-17,20,25H,4-13,18H2,1H3,(H,33,39,40)/t20?,25-/m1/s1. The van der Waals surface area contributed by atoms with Crippen LogP contribution in [0.2, 0.25) is 0 Å². The molecule has 0 radical (unpaired) electrons. The first-order valence-corrected chi connectivity index (χ1v) is 14.3. The van der Waals surface area contributed by atoms with Gasteiger partial charge >= 0.3 is 0 Å². The fraction of sp³-hybridized carbons (Fsp3) is 0.483. The molecule has 0 aliphatic carbocycles. The van der Waals surface area contributed by atoms with E-state index in [0.717, 1.165) is 69.7 Å². The molecule has 214 valence electrons. The molecule has 1 N–H and O–H groups in total. The summed E-state index contributed by atoms with van der Waals surface area (Å²) in [5.41, 5.74) is 1.27. The third kappa shape index (κ3) is 5.69. The zero-order valence-electron chi connectivity index (χ0n) is 23.2. The summed E-state index contributed by atoms with van der Waals surface area (Å²) in [5.74, 6) is 0.473. The van der Waals surface area contributed by atoms with Gasteiger partial charge in [-0.25, -0.2) is 14.6 Å². The Labute approximate surface area is 237 Å². The van der Waals surface area contributed by atoms with Crippen molar-refractivity contribution in [3.63, 3.8) is 0 Å². The fourth-order valence-electron chi connectivity index (χ4n) is 6.00. The van der Waals surface area contributed by atoms with Crippen molar-refractivity contribution in [2.45, 2.75) is 38.6 Å². The van der Waals surface area contributed by atoms with Gasteiger partial charge in [-0.3, -0.25) is 29.4 Å². The molecule has 5 heterocycles. The lowest BCUT2D eigenvalue weighted by Crippen LogP contribution is -2.47. The number of fused-ring (bicyclic) bond motifs is 1. The average Bonchev–Trinajstić information content (AvgIpc) is 3.46. The molecular formula is C29H34N8O4. The topological polar surface area (TPSA) is 134 Å². The van der Waals surface area contributed by atoms with E-state index in [1.54, 1.807) is 18.6 Å². The quantitative estimate of drug-likeness (QED) is 0.335. The van der Waals surface area contributed by atoms with E-state index in [1.807, 2.05) is 18.2 Å². The molecule has 3 aromatic rings. The Morgan fingerprint density at radius 1 is 0.976 bits per heavy atom. The van der Waals surface area contributed by atoms with Gasteiger partial charge < -0.3 is 9.80 Å². The molecule has 1 unspecified atom stereocenters. The maximum Gasteiger partial charge on any atom is 0.275 e. The third-order valence-corrected chi connectivity index (χ3v) is 8.50. The molecule has 41 heavy (non-hydrogen) atoms. The summed E-state index contributed by atoms with van der Waals surface area (Å²) in [6.45, 7) is 8.20. The maximum absolute atomic E-state index is 13.1. The Hall–Kier alpha value is -4.19. The number of ketones is 1. The fourth-order valence-corrected chi connectivity index (χ4v) is 6.00. The van der Waals surface area contributed by atoms with E-state index in [9.17, 15) is 19.2 Å². The monoisotopic (exact) mass is 558 g/mol. The first-order chi connectivity index (χ1) is 19.9. The van der Waals surface area contributed by atoms with Crippen molar-refractivity contribution in [1.82, 2.24) is 30.0 Å². The van der Waals surface area contributed by atoms with Gasteiger partial charge in [0.2, 0.25) is 11.9 Å². The van der Waals surface area contributed by atoms with Crippen molar-refractivity contribution < 1.29 is 14.4 Å². The SMILES string of the molecule is CC(=O)c1cnc(N2CCC(CCN3CCN(c4ccc5c(=O)n([C@@H]6CCC(=O)NC6=O)ncc5c4)CC3)C2)nc1. The first kappa shape index (κ1) is 27.0. The van der Waals surface area contributed by atoms with Gasteiger partial charge in [0, 0.05) is 69.2 Å². The van der Waals surface area contributed by atoms with Crippen molar-refractivity contribution >= 4 is 40.0 Å². The molecule has 3 aliphatic heterocycles. The van der Waals surface area contributed by atoms with E-state index in [4.69, 9.17) is 0 Å². The van der Waals surface area contributed by atoms with Crippen LogP contribution in [0.25, 0.3) is 10.8 Å². The molecule has 2 atom stereocenters. The molecular weight excluding hydrogens is 524 g/mol. The number of nitrogens with one attached hydrogen (secondary N) is 1. The van der Waals surface area contributed by atoms with Crippen LogP contribution in [-0.2, 0) is 9.59 Å². The van der Waals surface area contributed by atoms with Crippen LogP contribution in [-0.4, -0.2) is 88.1 Å². The molecule has 12 heteroatoms. The van der Waals surface area contributed by atoms with E-state index < -0.39 is 11.9 Å². The Morgan fingerprint density at radius 3 is 2.49 bits per heavy atom. The zero-order valence-corrected chi connectivity index (χ0v) is 23.2. The van der Waals surface area contributed by atoms with Gasteiger partial charge in [0.05, 0.1) is 17.1 Å². The number of rotatable bonds is 7. The number of hydrogen-bond acceptors (Lipinski definition) is 10. The van der Waals surface area contributed by atoms with Crippen molar-refractivity contribution in [3.05, 3.63) is 52.7 Å². The van der Waals surface area contributed by atoms with Crippen molar-refractivity contribution in [1.29, 1.82) is 0 Å². The molecule has 0 saturated carbocycles. The number of carbonyl (C=O) groups excluding carboxylic acids is 3. The highest BCUT2D eigenvalue weighted by Gasteiger charge is 2.30. The number of benzene rings is 1. The Balaban J connectivity index is 1.01. The van der Waals surface area contributed by atoms with Crippen LogP contribution in [0, 0.1) is 5.92 Å². The van der Waals surface area contributed by atoms with Crippen LogP contribution >= 0.6 is 0 Å². The Bertz CT molecular complexity index is 1530. The molecule has 3 saturated heterocycles. The molecule has 0 bridgehead atoms. The molecule has 6 rings (SSSR count). The van der Waals surface area contributed by atoms with Gasteiger partial charge in [-0.2, -0.15) is 5.10 Å². The van der Waals surface area contributed by atoms with Gasteiger partial charge in [-0.15, -0.1) is 0 Å². The highest BCUT2D eigenvalue weighted by molar-refractivity contribution is 5.99. The lowest BCUT2D eigenvalue weighted by atomic mass is 10.0. The van der Waals surface area contributed by atoms with Gasteiger partial charge in [-0.1, -0.05) is 0 Å². The minimum atomic E-state index is -0.766. The number of Topliss-reactive ketones (excluding diaryl/α,β-unsaturated/α-hetero) is 1. The van der Waals surface area contributed by atoms with Crippen molar-refractivity contribution in [2.24, 2.45) is 5.92 Å². The summed E-state index contributed by atoms with van der Waals surface area (Å²) in [4.78, 5) is 64.1. The normalized spacial score (nSPS) is 21.9. The number of piperazine rings is 1. The van der Waals surface area contributed by atoms with Crippen LogP contribution in [0.3, 0.4) is 0 Å². The van der Waals surface area contributed by atoms with Crippen LogP contribution in [0.4, 0.5) is 11.6 Å². The van der Waals surface area contributed by atoms with Crippen LogP contribution in [0.5, 0.6) is 0 Å². The first-order valence-electron chi connectivity index (χ1n) is 14.3. The van der Waals surface area contributed by atoms with Gasteiger partial charge in [-0.05, 0) is 56.8 Å². The average molecular weight is 559 g/mol. The smallest absolute Gasteiger partial charge is 0.275 e. The number of amides is 2. The largest absolute Gasteiger partial charge is 0.369 e. The minimum Gasteiger partial charge on any atom is -0.369 e. The lowest BCUT2D eigenvalue weighted by Gasteiger charge is -2.36. The summed E-state index contributed by atoms with van der Waals surface area (Å²) >= 11 is 0. The number of hydrogen-bond donors (Lipinski definition) is 1. The predicted molar refractivity (Wildman–Crippen MR) is 153 cm³/mol. The molecule has 2 amide bonds. The Kier molecular flexibility index (Phi) is 7.48. The summed E-state index contributed by atoms with van der Waals surface area (Å²) < 4.78 is 1.20. The summed E-state index contributed by atoms with van der Waals surface area (Å²) in [7, 11) is 0. The molecule has 3 aliphatic rings. The number of anilines is 2. The van der Waals surface area contributed by atoms with Gasteiger partial charge in [0.1, 0.15) is 6.04 Å². The Morgan fingerprint density at radius 2 is 1.76 bits per heavy atom. The van der Waals surface area contributed by atoms with Crippen LogP contribution in [0.15, 0.2) is 41.6 Å². The van der Waals surface area contributed by atoms with E-state index in [2.05, 4.69) is 35.1 Å². The number of imide groups is 1. The van der Waals surface area contributed by atoms with Gasteiger partial charge in [0.15, 0.2) is 5.78 Å². The van der Waals surface area contributed by atoms with Crippen molar-refractivity contribution in [3.8, 4) is 0 Å². The second-order valence-electron chi connectivity index (χ2n) is 11.2. The number of aromatic nitrogens is 4. The van der Waals surface area contributed by atoms with E-state index in [1.165, 1.54) is 11.6 Å². The highest BCUT2D eigenvalue weighted by atomic mass is 16.2. The molecule has 1 aromatic carbocycles. The van der Waals surface area contributed by atoms with E-state index in [0.29, 0.717) is 22.8 Å². The lowest BCUT2D eigenvalue weighted by molar-refractivity contribution is -0.136. The molecule has 12 nitrogen and oxygen atoms in total. The second-order valence-corrected chi connectivity index (χ2v) is 11.2. The summed E-state index contributed by atoms with van der Waals surface area (Å²) in [6.07, 6.45) is 7.57. The summed E-state index contributed by atoms with van der Waals surface area (Å²) in [5, 5.41) is 7.83. The minimum absolute atomic E-state index is 0.0233. The summed E-state index contributed by atoms with van der Waals surface area (Å²) in [6, 6.07) is 5.00. The molecule has 0 spiro atoms. The highest BCUT2D eigenvalue weighted by Crippen LogP contribution is 2.25. The van der Waals surface area contributed by atoms with Gasteiger partial charge in [0.25, 0.3) is 11.5 Å². The van der Waals surface area contributed by atoms with E-state index in [-0.39, 0.29) is 30.1 Å². The number of carbonyl (C=O) groups is 3. The van der Waals surface area contributed by atoms with E-state index >= 15 is 0 Å².